The Labute approximate surface area is 90.7 Å². The molecule has 1 aromatic heterocycles. The molecular formula is C13H18N2. The predicted octanol–water partition coefficient (Wildman–Crippen LogP) is 2.47. The summed E-state index contributed by atoms with van der Waals surface area (Å²) in [5.74, 6) is 0. The normalized spacial score (nSPS) is 11.1. The summed E-state index contributed by atoms with van der Waals surface area (Å²) in [6.45, 7) is 6.09. The van der Waals surface area contributed by atoms with Crippen LogP contribution in [0.25, 0.3) is 10.9 Å². The third-order valence-electron chi connectivity index (χ3n) is 2.92. The maximum Gasteiger partial charge on any atom is 0.0512 e. The van der Waals surface area contributed by atoms with E-state index in [1.807, 2.05) is 0 Å². The number of nitrogens with two attached hydrogens (primary N) is 1. The maximum absolute atomic E-state index is 5.63. The Balaban J connectivity index is 2.68. The number of hydrogen-bond donors (Lipinski definition) is 1. The predicted molar refractivity (Wildman–Crippen MR) is 65.1 cm³/mol. The van der Waals surface area contributed by atoms with Crippen LogP contribution in [0.15, 0.2) is 24.3 Å². The van der Waals surface area contributed by atoms with Crippen molar-refractivity contribution in [1.82, 2.24) is 4.57 Å². The Morgan fingerprint density at radius 2 is 2.13 bits per heavy atom. The van der Waals surface area contributed by atoms with E-state index in [1.54, 1.807) is 0 Å². The van der Waals surface area contributed by atoms with Crippen molar-refractivity contribution >= 4 is 10.9 Å². The summed E-state index contributed by atoms with van der Waals surface area (Å²) < 4.78 is 2.37. The van der Waals surface area contributed by atoms with Gasteiger partial charge in [0.2, 0.25) is 0 Å². The van der Waals surface area contributed by atoms with Gasteiger partial charge in [0.25, 0.3) is 0 Å². The lowest BCUT2D eigenvalue weighted by Gasteiger charge is -2.08. The van der Waals surface area contributed by atoms with Crippen molar-refractivity contribution in [2.45, 2.75) is 26.8 Å². The van der Waals surface area contributed by atoms with Gasteiger partial charge in [-0.05, 0) is 38.4 Å². The number of rotatable bonds is 3. The lowest BCUT2D eigenvalue weighted by molar-refractivity contribution is 0.731. The second-order valence-corrected chi connectivity index (χ2v) is 3.93. The smallest absolute Gasteiger partial charge is 0.0512 e. The van der Waals surface area contributed by atoms with Gasteiger partial charge in [0, 0.05) is 17.6 Å². The van der Waals surface area contributed by atoms with Crippen LogP contribution in [0.5, 0.6) is 0 Å². The molecular weight excluding hydrogens is 184 g/mol. The van der Waals surface area contributed by atoms with Crippen LogP contribution in [0.1, 0.15) is 18.2 Å². The highest BCUT2D eigenvalue weighted by atomic mass is 15.0. The first kappa shape index (κ1) is 10.2. The standard InChI is InChI=1S/C13H18N2/c1-3-15-12(7-8-14)9-11-6-4-5-10(2)13(11)15/h4-6,9H,3,7-8,14H2,1-2H3. The number of nitrogens with zero attached hydrogens (tertiary/aromatic N) is 1. The van der Waals surface area contributed by atoms with Crippen molar-refractivity contribution in [3.8, 4) is 0 Å². The van der Waals surface area contributed by atoms with Crippen LogP contribution in [-0.2, 0) is 13.0 Å². The summed E-state index contributed by atoms with van der Waals surface area (Å²) in [5.41, 5.74) is 9.69. The molecule has 15 heavy (non-hydrogen) atoms. The molecule has 0 aliphatic heterocycles. The zero-order chi connectivity index (χ0) is 10.8. The number of fused-ring (bicyclic) bond motifs is 1. The Kier molecular flexibility index (Phi) is 2.78. The average molecular weight is 202 g/mol. The SMILES string of the molecule is CCn1c(CCN)cc2cccc(C)c21. The highest BCUT2D eigenvalue weighted by Gasteiger charge is 2.08. The van der Waals surface area contributed by atoms with E-state index in [1.165, 1.54) is 22.2 Å². The quantitative estimate of drug-likeness (QED) is 0.814. The minimum atomic E-state index is 0.718. The molecule has 0 saturated heterocycles. The van der Waals surface area contributed by atoms with Crippen molar-refractivity contribution in [3.63, 3.8) is 0 Å². The lowest BCUT2D eigenvalue weighted by atomic mass is 10.1. The zero-order valence-corrected chi connectivity index (χ0v) is 9.46. The molecule has 0 aliphatic rings. The molecule has 0 saturated carbocycles. The topological polar surface area (TPSA) is 30.9 Å². The number of aryl methyl sites for hydroxylation is 2. The fourth-order valence-corrected chi connectivity index (χ4v) is 2.28. The van der Waals surface area contributed by atoms with E-state index in [2.05, 4.69) is 42.7 Å². The third-order valence-corrected chi connectivity index (χ3v) is 2.92. The molecule has 2 N–H and O–H groups in total. The van der Waals surface area contributed by atoms with Crippen LogP contribution < -0.4 is 5.73 Å². The molecule has 80 valence electrons. The summed E-state index contributed by atoms with van der Waals surface area (Å²) in [7, 11) is 0. The van der Waals surface area contributed by atoms with Crippen molar-refractivity contribution < 1.29 is 0 Å². The molecule has 0 unspecified atom stereocenters. The van der Waals surface area contributed by atoms with Gasteiger partial charge in [0.05, 0.1) is 5.52 Å². The van der Waals surface area contributed by atoms with Gasteiger partial charge in [0.1, 0.15) is 0 Å². The second kappa shape index (κ2) is 4.07. The Hall–Kier alpha value is -1.28. The van der Waals surface area contributed by atoms with Gasteiger partial charge in [-0.25, -0.2) is 0 Å². The van der Waals surface area contributed by atoms with Crippen LogP contribution in [0.4, 0.5) is 0 Å². The van der Waals surface area contributed by atoms with Gasteiger partial charge in [-0.15, -0.1) is 0 Å². The lowest BCUT2D eigenvalue weighted by Crippen LogP contribution is -2.08. The fourth-order valence-electron chi connectivity index (χ4n) is 2.28. The number of aromatic nitrogens is 1. The minimum Gasteiger partial charge on any atom is -0.345 e. The van der Waals surface area contributed by atoms with Crippen molar-refractivity contribution in [1.29, 1.82) is 0 Å². The molecule has 2 heteroatoms. The van der Waals surface area contributed by atoms with Crippen molar-refractivity contribution in [3.05, 3.63) is 35.5 Å². The molecule has 0 radical (unpaired) electrons. The van der Waals surface area contributed by atoms with Crippen LogP contribution in [0.2, 0.25) is 0 Å². The molecule has 0 aliphatic carbocycles. The number of para-hydroxylation sites is 1. The Bertz CT molecular complexity index is 469. The van der Waals surface area contributed by atoms with Gasteiger partial charge in [-0.1, -0.05) is 18.2 Å². The van der Waals surface area contributed by atoms with E-state index in [0.29, 0.717) is 0 Å². The number of benzene rings is 1. The largest absolute Gasteiger partial charge is 0.345 e. The summed E-state index contributed by atoms with van der Waals surface area (Å²) in [6.07, 6.45) is 0.960. The molecule has 1 aromatic carbocycles. The molecule has 2 nitrogen and oxygen atoms in total. The number of hydrogen-bond acceptors (Lipinski definition) is 1. The van der Waals surface area contributed by atoms with Crippen molar-refractivity contribution in [2.24, 2.45) is 5.73 Å². The highest BCUT2D eigenvalue weighted by molar-refractivity contribution is 5.84. The van der Waals surface area contributed by atoms with Gasteiger partial charge in [0.15, 0.2) is 0 Å². The van der Waals surface area contributed by atoms with E-state index in [9.17, 15) is 0 Å². The molecule has 0 atom stereocenters. The molecule has 0 amide bonds. The molecule has 0 spiro atoms. The average Bonchev–Trinajstić information content (AvgIpc) is 2.57. The van der Waals surface area contributed by atoms with E-state index in [0.717, 1.165) is 19.5 Å². The first-order valence-corrected chi connectivity index (χ1v) is 5.55. The first-order valence-electron chi connectivity index (χ1n) is 5.55. The van der Waals surface area contributed by atoms with Crippen LogP contribution >= 0.6 is 0 Å². The van der Waals surface area contributed by atoms with Gasteiger partial charge in [-0.2, -0.15) is 0 Å². The Morgan fingerprint density at radius 1 is 1.33 bits per heavy atom. The summed E-state index contributed by atoms with van der Waals surface area (Å²) >= 11 is 0. The second-order valence-electron chi connectivity index (χ2n) is 3.93. The van der Waals surface area contributed by atoms with Gasteiger partial charge < -0.3 is 10.3 Å². The maximum atomic E-state index is 5.63. The third kappa shape index (κ3) is 1.65. The van der Waals surface area contributed by atoms with E-state index in [4.69, 9.17) is 5.73 Å². The minimum absolute atomic E-state index is 0.718. The molecule has 2 aromatic rings. The van der Waals surface area contributed by atoms with Gasteiger partial charge in [-0.3, -0.25) is 0 Å². The van der Waals surface area contributed by atoms with Crippen molar-refractivity contribution in [2.75, 3.05) is 6.54 Å². The van der Waals surface area contributed by atoms with Crippen LogP contribution in [0.3, 0.4) is 0 Å². The van der Waals surface area contributed by atoms with Crippen LogP contribution in [0, 0.1) is 6.92 Å². The summed E-state index contributed by atoms with van der Waals surface area (Å²) in [5, 5.41) is 1.33. The highest BCUT2D eigenvalue weighted by Crippen LogP contribution is 2.23. The first-order chi connectivity index (χ1) is 7.27. The molecule has 1 heterocycles. The monoisotopic (exact) mass is 202 g/mol. The molecule has 2 rings (SSSR count). The zero-order valence-electron chi connectivity index (χ0n) is 9.46. The van der Waals surface area contributed by atoms with E-state index < -0.39 is 0 Å². The van der Waals surface area contributed by atoms with E-state index >= 15 is 0 Å². The fraction of sp³-hybridized carbons (Fsp3) is 0.385. The molecule has 0 fully saturated rings. The summed E-state index contributed by atoms with van der Waals surface area (Å²) in [6, 6.07) is 8.72. The Morgan fingerprint density at radius 3 is 2.80 bits per heavy atom. The van der Waals surface area contributed by atoms with Crippen LogP contribution in [-0.4, -0.2) is 11.1 Å². The molecule has 0 bridgehead atoms. The van der Waals surface area contributed by atoms with E-state index in [-0.39, 0.29) is 0 Å². The van der Waals surface area contributed by atoms with Gasteiger partial charge >= 0.3 is 0 Å². The summed E-state index contributed by atoms with van der Waals surface area (Å²) in [4.78, 5) is 0.